The van der Waals surface area contributed by atoms with Crippen LogP contribution < -0.4 is 0 Å². The molecule has 0 rings (SSSR count). The predicted molar refractivity (Wildman–Crippen MR) is 60.5 cm³/mol. The zero-order chi connectivity index (χ0) is 25.0. The van der Waals surface area contributed by atoms with E-state index in [4.69, 9.17) is 0 Å². The zero-order valence-electron chi connectivity index (χ0n) is 13.7. The predicted octanol–water partition coefficient (Wildman–Crippen LogP) is 6.22. The minimum atomic E-state index is -8.64. The van der Waals surface area contributed by atoms with Gasteiger partial charge in [0.15, 0.2) is 0 Å². The van der Waals surface area contributed by atoms with Crippen molar-refractivity contribution in [2.45, 2.75) is 61.0 Å². The van der Waals surface area contributed by atoms with Gasteiger partial charge in [0.2, 0.25) is 0 Å². The van der Waals surface area contributed by atoms with Gasteiger partial charge < -0.3 is 4.79 Å². The van der Waals surface area contributed by atoms with Crippen LogP contribution in [0.4, 0.5) is 74.6 Å². The SMILES string of the molecule is CC(CC=O)C(F)(F)C(F)(F)C(F)(F)C(F)(F)C(F)(F)C(F)(F)C(F)(F)C(F)(F)F. The molecule has 0 N–H and O–H groups in total. The van der Waals surface area contributed by atoms with Crippen molar-refractivity contribution in [1.82, 2.24) is 0 Å². The molecule has 1 unspecified atom stereocenters. The van der Waals surface area contributed by atoms with Crippen LogP contribution >= 0.6 is 0 Å². The van der Waals surface area contributed by atoms with Crippen molar-refractivity contribution in [2.24, 2.45) is 5.92 Å². The van der Waals surface area contributed by atoms with E-state index in [1.54, 1.807) is 0 Å². The van der Waals surface area contributed by atoms with Crippen molar-refractivity contribution in [1.29, 1.82) is 0 Å². The molecule has 0 aromatic carbocycles. The maximum atomic E-state index is 13.4. The Morgan fingerprint density at radius 3 is 1.07 bits per heavy atom. The minimum absolute atomic E-state index is 0.166. The molecule has 0 heterocycles. The molecule has 0 saturated carbocycles. The van der Waals surface area contributed by atoms with Crippen LogP contribution in [0.5, 0.6) is 0 Å². The molecule has 0 aromatic heterocycles. The quantitative estimate of drug-likeness (QED) is 0.277. The van der Waals surface area contributed by atoms with Crippen LogP contribution in [0.25, 0.3) is 0 Å². The molecule has 0 bridgehead atoms. The average Bonchev–Trinajstić information content (AvgIpc) is 2.52. The van der Waals surface area contributed by atoms with Crippen LogP contribution in [0.15, 0.2) is 0 Å². The van der Waals surface area contributed by atoms with Crippen molar-refractivity contribution in [3.05, 3.63) is 0 Å². The van der Waals surface area contributed by atoms with Crippen LogP contribution in [-0.4, -0.2) is 53.9 Å². The van der Waals surface area contributed by atoms with E-state index in [9.17, 15) is 79.4 Å². The van der Waals surface area contributed by atoms with E-state index in [1.165, 1.54) is 0 Å². The summed E-state index contributed by atoms with van der Waals surface area (Å²) >= 11 is 0. The van der Waals surface area contributed by atoms with Gasteiger partial charge in [-0.3, -0.25) is 0 Å². The summed E-state index contributed by atoms with van der Waals surface area (Å²) in [7, 11) is 0. The van der Waals surface area contributed by atoms with Gasteiger partial charge in [-0.15, -0.1) is 0 Å². The summed E-state index contributed by atoms with van der Waals surface area (Å²) in [6.07, 6.45) is -10.2. The molecule has 0 aliphatic rings. The first-order valence-electron chi connectivity index (χ1n) is 6.88. The largest absolute Gasteiger partial charge is 0.460 e. The van der Waals surface area contributed by atoms with Crippen molar-refractivity contribution < 1.29 is 79.4 Å². The number of carbonyl (C=O) groups is 1. The van der Waals surface area contributed by atoms with Gasteiger partial charge in [-0.1, -0.05) is 6.92 Å². The first-order chi connectivity index (χ1) is 12.7. The van der Waals surface area contributed by atoms with Gasteiger partial charge in [-0.2, -0.15) is 74.6 Å². The third-order valence-electron chi connectivity index (χ3n) is 3.82. The van der Waals surface area contributed by atoms with Crippen molar-refractivity contribution in [3.63, 3.8) is 0 Å². The minimum Gasteiger partial charge on any atom is -0.303 e. The lowest BCUT2D eigenvalue weighted by molar-refractivity contribution is -0.463. The van der Waals surface area contributed by atoms with Crippen LogP contribution in [-0.2, 0) is 4.79 Å². The van der Waals surface area contributed by atoms with Crippen LogP contribution in [0.2, 0.25) is 0 Å². The van der Waals surface area contributed by atoms with Gasteiger partial charge in [0.25, 0.3) is 0 Å². The maximum Gasteiger partial charge on any atom is 0.460 e. The number of hydrogen-bond donors (Lipinski definition) is 0. The fourth-order valence-electron chi connectivity index (χ4n) is 1.78. The summed E-state index contributed by atoms with van der Waals surface area (Å²) in [6.45, 7) is -0.166. The monoisotopic (exact) mass is 490 g/mol. The third-order valence-corrected chi connectivity index (χ3v) is 3.82. The Bertz CT molecular complexity index is 631. The Balaban J connectivity index is 6.73. The van der Waals surface area contributed by atoms with Gasteiger partial charge in [0, 0.05) is 12.3 Å². The smallest absolute Gasteiger partial charge is 0.303 e. The van der Waals surface area contributed by atoms with Gasteiger partial charge in [-0.05, 0) is 0 Å². The van der Waals surface area contributed by atoms with Crippen LogP contribution in [0.3, 0.4) is 0 Å². The summed E-state index contributed by atoms with van der Waals surface area (Å²) in [5.74, 6) is -59.8. The molecule has 18 heteroatoms. The number of aldehydes is 1. The van der Waals surface area contributed by atoms with E-state index < -0.39 is 66.3 Å². The number of carbonyl (C=O) groups excluding carboxylic acids is 1. The maximum absolute atomic E-state index is 13.4. The Kier molecular flexibility index (Phi) is 6.90. The van der Waals surface area contributed by atoms with Crippen LogP contribution in [0.1, 0.15) is 13.3 Å². The van der Waals surface area contributed by atoms with Crippen molar-refractivity contribution in [2.75, 3.05) is 0 Å². The second-order valence-corrected chi connectivity index (χ2v) is 5.87. The second-order valence-electron chi connectivity index (χ2n) is 5.87. The summed E-state index contributed by atoms with van der Waals surface area (Å²) in [5.41, 5.74) is 0. The fraction of sp³-hybridized carbons (Fsp3) is 0.917. The number of hydrogen-bond acceptors (Lipinski definition) is 1. The molecule has 0 radical (unpaired) electrons. The normalized spacial score (nSPS) is 17.1. The lowest BCUT2D eigenvalue weighted by Gasteiger charge is -2.43. The highest BCUT2D eigenvalue weighted by molar-refractivity contribution is 5.50. The van der Waals surface area contributed by atoms with Gasteiger partial charge in [0.1, 0.15) is 6.29 Å². The van der Waals surface area contributed by atoms with Gasteiger partial charge in [0.05, 0.1) is 0 Å². The molecule has 0 amide bonds. The molecule has 0 spiro atoms. The summed E-state index contributed by atoms with van der Waals surface area (Å²) < 4.78 is 220. The number of halogens is 17. The number of alkyl halides is 17. The third kappa shape index (κ3) is 3.46. The molecular weight excluding hydrogens is 483 g/mol. The van der Waals surface area contributed by atoms with Crippen molar-refractivity contribution >= 4 is 6.29 Å². The molecule has 0 aromatic rings. The van der Waals surface area contributed by atoms with E-state index in [0.717, 1.165) is 0 Å². The zero-order valence-corrected chi connectivity index (χ0v) is 13.7. The van der Waals surface area contributed by atoms with E-state index in [-0.39, 0.29) is 6.92 Å². The van der Waals surface area contributed by atoms with Crippen LogP contribution in [0, 0.1) is 5.92 Å². The standard InChI is InChI=1S/C12H7F17O/c1-4(2-3-30)5(13,14)6(15,16)7(17,18)8(19,20)9(21,22)10(23,24)11(25,26)12(27,28)29/h3-4H,2H2,1H3. The molecule has 1 nitrogen and oxygen atoms in total. The second kappa shape index (κ2) is 7.27. The Labute approximate surface area is 154 Å². The Morgan fingerprint density at radius 1 is 0.533 bits per heavy atom. The molecule has 180 valence electrons. The first kappa shape index (κ1) is 28.5. The highest BCUT2D eigenvalue weighted by atomic mass is 19.4. The Hall–Kier alpha value is -1.52. The molecular formula is C12H7F17O. The summed E-state index contributed by atoms with van der Waals surface area (Å²) in [5, 5.41) is 0. The van der Waals surface area contributed by atoms with E-state index >= 15 is 0 Å². The molecule has 0 saturated heterocycles. The molecule has 0 fully saturated rings. The highest BCUT2D eigenvalue weighted by Crippen LogP contribution is 2.64. The lowest BCUT2D eigenvalue weighted by Crippen LogP contribution is -2.74. The van der Waals surface area contributed by atoms with E-state index in [0.29, 0.717) is 0 Å². The van der Waals surface area contributed by atoms with Gasteiger partial charge >= 0.3 is 47.6 Å². The molecule has 1 atom stereocenters. The molecule has 30 heavy (non-hydrogen) atoms. The van der Waals surface area contributed by atoms with Crippen molar-refractivity contribution in [3.8, 4) is 0 Å². The molecule has 0 aliphatic heterocycles. The highest BCUT2D eigenvalue weighted by Gasteiger charge is 2.95. The average molecular weight is 490 g/mol. The topological polar surface area (TPSA) is 17.1 Å². The lowest BCUT2D eigenvalue weighted by atomic mass is 9.85. The first-order valence-corrected chi connectivity index (χ1v) is 6.88. The van der Waals surface area contributed by atoms with Gasteiger partial charge in [-0.25, -0.2) is 0 Å². The Morgan fingerprint density at radius 2 is 0.800 bits per heavy atom. The molecule has 0 aliphatic carbocycles. The van der Waals surface area contributed by atoms with E-state index in [1.807, 2.05) is 0 Å². The summed E-state index contributed by atoms with van der Waals surface area (Å²) in [6, 6.07) is 0. The summed E-state index contributed by atoms with van der Waals surface area (Å²) in [4.78, 5) is 10.0. The number of rotatable bonds is 9. The van der Waals surface area contributed by atoms with E-state index in [2.05, 4.69) is 0 Å². The fourth-order valence-corrected chi connectivity index (χ4v) is 1.78.